The molecule has 2 rings (SSSR count). The van der Waals surface area contributed by atoms with Gasteiger partial charge in [0.15, 0.2) is 0 Å². The number of nitrogens with two attached hydrogens (primary N) is 1. The van der Waals surface area contributed by atoms with Gasteiger partial charge in [0.1, 0.15) is 5.75 Å². The van der Waals surface area contributed by atoms with E-state index in [0.29, 0.717) is 24.6 Å². The average Bonchev–Trinajstić information content (AvgIpc) is 2.32. The van der Waals surface area contributed by atoms with Crippen molar-refractivity contribution in [3.05, 3.63) is 24.0 Å². The number of nitrogens with zero attached hydrogens (tertiary/aromatic N) is 2. The molecule has 2 heterocycles. The second kappa shape index (κ2) is 4.71. The predicted molar refractivity (Wildman–Crippen MR) is 63.6 cm³/mol. The molecule has 0 aliphatic carbocycles. The molecule has 2 atom stereocenters. The van der Waals surface area contributed by atoms with Crippen LogP contribution in [0.5, 0.6) is 5.75 Å². The van der Waals surface area contributed by atoms with Gasteiger partial charge in [-0.2, -0.15) is 0 Å². The fourth-order valence-corrected chi connectivity index (χ4v) is 2.02. The van der Waals surface area contributed by atoms with Gasteiger partial charge in [0, 0.05) is 25.3 Å². The Labute approximate surface area is 100 Å². The van der Waals surface area contributed by atoms with Crippen LogP contribution in [0.25, 0.3) is 0 Å². The number of piperidine rings is 1. The number of pyridine rings is 1. The van der Waals surface area contributed by atoms with Crippen molar-refractivity contribution >= 4 is 5.91 Å². The third-order valence-corrected chi connectivity index (χ3v) is 3.33. The lowest BCUT2D eigenvalue weighted by atomic mass is 9.94. The summed E-state index contributed by atoms with van der Waals surface area (Å²) < 4.78 is 0. The van der Waals surface area contributed by atoms with Crippen LogP contribution in [0.2, 0.25) is 0 Å². The van der Waals surface area contributed by atoms with Crippen LogP contribution < -0.4 is 5.73 Å². The maximum Gasteiger partial charge on any atom is 0.257 e. The normalized spacial score (nSPS) is 24.7. The molecule has 2 unspecified atom stereocenters. The molecule has 1 aromatic heterocycles. The summed E-state index contributed by atoms with van der Waals surface area (Å²) in [6.45, 7) is 3.33. The van der Waals surface area contributed by atoms with Gasteiger partial charge in [-0.05, 0) is 18.4 Å². The molecular weight excluding hydrogens is 218 g/mol. The Morgan fingerprint density at radius 2 is 2.41 bits per heavy atom. The number of hydrogen-bond donors (Lipinski definition) is 2. The molecule has 3 N–H and O–H groups in total. The molecule has 1 aromatic rings. The van der Waals surface area contributed by atoms with Crippen molar-refractivity contribution in [3.63, 3.8) is 0 Å². The van der Waals surface area contributed by atoms with Gasteiger partial charge in [0.2, 0.25) is 0 Å². The molecule has 1 aliphatic rings. The first-order valence-corrected chi connectivity index (χ1v) is 5.77. The standard InChI is InChI=1S/C12H17N3O2/c1-8-3-5-15(7-10(8)13)12(17)9-2-4-14-6-11(9)16/h2,4,6,8,10,16H,3,5,7,13H2,1H3. The third kappa shape index (κ3) is 2.39. The Balaban J connectivity index is 2.14. The van der Waals surface area contributed by atoms with Crippen LogP contribution in [0, 0.1) is 5.92 Å². The van der Waals surface area contributed by atoms with E-state index in [9.17, 15) is 9.90 Å². The summed E-state index contributed by atoms with van der Waals surface area (Å²) in [5.41, 5.74) is 6.25. The number of hydrogen-bond acceptors (Lipinski definition) is 4. The van der Waals surface area contributed by atoms with E-state index >= 15 is 0 Å². The summed E-state index contributed by atoms with van der Waals surface area (Å²) in [6.07, 6.45) is 3.68. The molecular formula is C12H17N3O2. The number of aromatic hydroxyl groups is 1. The van der Waals surface area contributed by atoms with Gasteiger partial charge in [-0.3, -0.25) is 9.78 Å². The molecule has 1 fully saturated rings. The maximum absolute atomic E-state index is 12.2. The molecule has 0 bridgehead atoms. The van der Waals surface area contributed by atoms with Gasteiger partial charge in [-0.1, -0.05) is 6.92 Å². The quantitative estimate of drug-likeness (QED) is 0.747. The number of amides is 1. The van der Waals surface area contributed by atoms with Gasteiger partial charge >= 0.3 is 0 Å². The van der Waals surface area contributed by atoms with Crippen molar-refractivity contribution in [1.82, 2.24) is 9.88 Å². The molecule has 0 aromatic carbocycles. The Bertz CT molecular complexity index is 422. The Morgan fingerprint density at radius 3 is 3.06 bits per heavy atom. The van der Waals surface area contributed by atoms with E-state index in [-0.39, 0.29) is 17.7 Å². The monoisotopic (exact) mass is 235 g/mol. The smallest absolute Gasteiger partial charge is 0.257 e. The predicted octanol–water partition coefficient (Wildman–Crippen LogP) is 0.597. The summed E-state index contributed by atoms with van der Waals surface area (Å²) in [4.78, 5) is 17.6. The highest BCUT2D eigenvalue weighted by atomic mass is 16.3. The number of carbonyl (C=O) groups is 1. The highest BCUT2D eigenvalue weighted by molar-refractivity contribution is 5.96. The first kappa shape index (κ1) is 11.9. The first-order chi connectivity index (χ1) is 8.09. The molecule has 1 amide bonds. The highest BCUT2D eigenvalue weighted by Gasteiger charge is 2.27. The SMILES string of the molecule is CC1CCN(C(=O)c2ccncc2O)CC1N. The van der Waals surface area contributed by atoms with Crippen LogP contribution in [0.15, 0.2) is 18.5 Å². The summed E-state index contributed by atoms with van der Waals surface area (Å²) in [7, 11) is 0. The van der Waals surface area contributed by atoms with Crippen molar-refractivity contribution in [1.29, 1.82) is 0 Å². The van der Waals surface area contributed by atoms with Gasteiger partial charge in [0.25, 0.3) is 5.91 Å². The summed E-state index contributed by atoms with van der Waals surface area (Å²) in [5, 5.41) is 9.59. The molecule has 5 nitrogen and oxygen atoms in total. The van der Waals surface area contributed by atoms with Crippen LogP contribution in [-0.2, 0) is 0 Å². The van der Waals surface area contributed by atoms with Gasteiger partial charge in [-0.25, -0.2) is 0 Å². The van der Waals surface area contributed by atoms with E-state index in [4.69, 9.17) is 5.73 Å². The van der Waals surface area contributed by atoms with Gasteiger partial charge < -0.3 is 15.7 Å². The minimum atomic E-state index is -0.174. The van der Waals surface area contributed by atoms with Crippen LogP contribution in [0.3, 0.4) is 0 Å². The average molecular weight is 235 g/mol. The van der Waals surface area contributed by atoms with Crippen molar-refractivity contribution in [3.8, 4) is 5.75 Å². The van der Waals surface area contributed by atoms with E-state index in [1.54, 1.807) is 4.90 Å². The molecule has 92 valence electrons. The fraction of sp³-hybridized carbons (Fsp3) is 0.500. The minimum absolute atomic E-state index is 0.0108. The molecule has 17 heavy (non-hydrogen) atoms. The lowest BCUT2D eigenvalue weighted by Gasteiger charge is -2.35. The molecule has 1 saturated heterocycles. The third-order valence-electron chi connectivity index (χ3n) is 3.33. The number of likely N-dealkylation sites (tertiary alicyclic amines) is 1. The highest BCUT2D eigenvalue weighted by Crippen LogP contribution is 2.21. The summed E-state index contributed by atoms with van der Waals surface area (Å²) >= 11 is 0. The number of rotatable bonds is 1. The zero-order chi connectivity index (χ0) is 12.4. The van der Waals surface area contributed by atoms with E-state index in [0.717, 1.165) is 6.42 Å². The molecule has 1 aliphatic heterocycles. The second-order valence-electron chi connectivity index (χ2n) is 4.57. The Morgan fingerprint density at radius 1 is 1.65 bits per heavy atom. The van der Waals surface area contributed by atoms with E-state index < -0.39 is 0 Å². The first-order valence-electron chi connectivity index (χ1n) is 5.77. The van der Waals surface area contributed by atoms with E-state index in [2.05, 4.69) is 11.9 Å². The summed E-state index contributed by atoms with van der Waals surface area (Å²) in [5.74, 6) is 0.182. The number of carbonyl (C=O) groups excluding carboxylic acids is 1. The Hall–Kier alpha value is -1.62. The molecule has 0 radical (unpaired) electrons. The number of aromatic nitrogens is 1. The molecule has 5 heteroatoms. The van der Waals surface area contributed by atoms with Crippen LogP contribution in [-0.4, -0.2) is 40.0 Å². The fourth-order valence-electron chi connectivity index (χ4n) is 2.02. The van der Waals surface area contributed by atoms with E-state index in [1.165, 1.54) is 18.5 Å². The van der Waals surface area contributed by atoms with Crippen molar-refractivity contribution < 1.29 is 9.90 Å². The Kier molecular flexibility index (Phi) is 3.28. The summed E-state index contributed by atoms with van der Waals surface area (Å²) in [6, 6.07) is 1.54. The largest absolute Gasteiger partial charge is 0.505 e. The van der Waals surface area contributed by atoms with Crippen LogP contribution >= 0.6 is 0 Å². The lowest BCUT2D eigenvalue weighted by Crippen LogP contribution is -2.49. The van der Waals surface area contributed by atoms with Crippen molar-refractivity contribution in [2.24, 2.45) is 11.7 Å². The van der Waals surface area contributed by atoms with Crippen molar-refractivity contribution in [2.45, 2.75) is 19.4 Å². The van der Waals surface area contributed by atoms with Crippen molar-refractivity contribution in [2.75, 3.05) is 13.1 Å². The topological polar surface area (TPSA) is 79.5 Å². The molecule has 0 saturated carbocycles. The molecule has 0 spiro atoms. The van der Waals surface area contributed by atoms with E-state index in [1.807, 2.05) is 0 Å². The lowest BCUT2D eigenvalue weighted by molar-refractivity contribution is 0.0669. The van der Waals surface area contributed by atoms with Crippen LogP contribution in [0.1, 0.15) is 23.7 Å². The van der Waals surface area contributed by atoms with Gasteiger partial charge in [-0.15, -0.1) is 0 Å². The zero-order valence-electron chi connectivity index (χ0n) is 9.84. The maximum atomic E-state index is 12.2. The van der Waals surface area contributed by atoms with Gasteiger partial charge in [0.05, 0.1) is 11.8 Å². The minimum Gasteiger partial charge on any atom is -0.505 e. The zero-order valence-corrected chi connectivity index (χ0v) is 9.84. The second-order valence-corrected chi connectivity index (χ2v) is 4.57. The van der Waals surface area contributed by atoms with Crippen LogP contribution in [0.4, 0.5) is 0 Å².